The van der Waals surface area contributed by atoms with E-state index in [1.807, 2.05) is 24.3 Å². The van der Waals surface area contributed by atoms with Crippen LogP contribution in [-0.2, 0) is 13.1 Å². The van der Waals surface area contributed by atoms with Crippen molar-refractivity contribution in [3.63, 3.8) is 0 Å². The van der Waals surface area contributed by atoms with E-state index in [2.05, 4.69) is 30.3 Å². The van der Waals surface area contributed by atoms with Crippen molar-refractivity contribution >= 4 is 0 Å². The Kier molecular flexibility index (Phi) is 8.74. The van der Waals surface area contributed by atoms with Crippen molar-refractivity contribution in [1.29, 1.82) is 0 Å². The number of benzene rings is 2. The molecule has 0 spiro atoms. The number of azo groups is 2. The summed E-state index contributed by atoms with van der Waals surface area (Å²) in [5, 5.41) is 36.3. The second kappa shape index (κ2) is 12.0. The summed E-state index contributed by atoms with van der Waals surface area (Å²) >= 11 is 0. The second-order valence-electron chi connectivity index (χ2n) is 7.27. The van der Waals surface area contributed by atoms with Gasteiger partial charge in [-0.3, -0.25) is 9.80 Å². The molecule has 8 heteroatoms. The van der Waals surface area contributed by atoms with Gasteiger partial charge in [0.1, 0.15) is 11.5 Å². The maximum atomic E-state index is 9.71. The normalized spacial score (nSPS) is 16.0. The van der Waals surface area contributed by atoms with E-state index >= 15 is 0 Å². The first-order valence-electron chi connectivity index (χ1n) is 10.4. The average Bonchev–Trinajstić information content (AvgIpc) is 2.77. The van der Waals surface area contributed by atoms with Crippen molar-refractivity contribution in [1.82, 2.24) is 9.80 Å². The molecule has 2 aromatic rings. The number of hydrogen-bond acceptors (Lipinski definition) is 8. The quantitative estimate of drug-likeness (QED) is 0.587. The number of para-hydroxylation sites is 2. The Morgan fingerprint density at radius 3 is 1.40 bits per heavy atom. The van der Waals surface area contributed by atoms with Crippen LogP contribution in [-0.4, -0.2) is 72.4 Å². The van der Waals surface area contributed by atoms with Crippen LogP contribution in [0.4, 0.5) is 0 Å². The van der Waals surface area contributed by atoms with Crippen LogP contribution in [0.2, 0.25) is 0 Å². The van der Waals surface area contributed by atoms with Gasteiger partial charge in [0, 0.05) is 50.4 Å². The molecule has 1 heterocycles. The monoisotopic (exact) mass is 410 g/mol. The zero-order chi connectivity index (χ0) is 21.0. The first-order valence-corrected chi connectivity index (χ1v) is 10.4. The lowest BCUT2D eigenvalue weighted by atomic mass is 10.2. The lowest BCUT2D eigenvalue weighted by molar-refractivity contribution is 0.137. The second-order valence-corrected chi connectivity index (χ2v) is 7.27. The molecule has 1 saturated heterocycles. The van der Waals surface area contributed by atoms with Gasteiger partial charge in [0.05, 0.1) is 26.2 Å². The Morgan fingerprint density at radius 2 is 1.00 bits per heavy atom. The molecule has 3 rings (SSSR count). The SMILES string of the molecule is Oc1ccccc1CN=NCCN1CCN(CCN=NCc2ccccc2O)CC1. The molecule has 2 N–H and O–H groups in total. The predicted molar refractivity (Wildman–Crippen MR) is 116 cm³/mol. The minimum atomic E-state index is 0.269. The van der Waals surface area contributed by atoms with Crippen LogP contribution in [0.15, 0.2) is 69.0 Å². The predicted octanol–water partition coefficient (Wildman–Crippen LogP) is 3.32. The van der Waals surface area contributed by atoms with Crippen LogP contribution in [0.25, 0.3) is 0 Å². The Balaban J connectivity index is 1.25. The van der Waals surface area contributed by atoms with Gasteiger partial charge in [-0.15, -0.1) is 0 Å². The van der Waals surface area contributed by atoms with Gasteiger partial charge >= 0.3 is 0 Å². The molecular weight excluding hydrogens is 380 g/mol. The Labute approximate surface area is 177 Å². The molecule has 2 aromatic carbocycles. The maximum Gasteiger partial charge on any atom is 0.120 e. The van der Waals surface area contributed by atoms with Crippen molar-refractivity contribution < 1.29 is 10.2 Å². The molecule has 30 heavy (non-hydrogen) atoms. The lowest BCUT2D eigenvalue weighted by Gasteiger charge is -2.33. The van der Waals surface area contributed by atoms with E-state index in [0.29, 0.717) is 26.2 Å². The van der Waals surface area contributed by atoms with Gasteiger partial charge in [-0.05, 0) is 12.1 Å². The van der Waals surface area contributed by atoms with Crippen LogP contribution in [0, 0.1) is 0 Å². The summed E-state index contributed by atoms with van der Waals surface area (Å²) in [5.41, 5.74) is 1.60. The van der Waals surface area contributed by atoms with Gasteiger partial charge in [-0.1, -0.05) is 36.4 Å². The van der Waals surface area contributed by atoms with E-state index in [9.17, 15) is 10.2 Å². The number of hydrogen-bond donors (Lipinski definition) is 2. The molecule has 0 saturated carbocycles. The summed E-state index contributed by atoms with van der Waals surface area (Å²) in [4.78, 5) is 4.80. The summed E-state index contributed by atoms with van der Waals surface area (Å²) in [6, 6.07) is 14.4. The summed E-state index contributed by atoms with van der Waals surface area (Å²) in [7, 11) is 0. The van der Waals surface area contributed by atoms with Crippen LogP contribution in [0.3, 0.4) is 0 Å². The van der Waals surface area contributed by atoms with Gasteiger partial charge in [0.2, 0.25) is 0 Å². The highest BCUT2D eigenvalue weighted by Crippen LogP contribution is 2.17. The van der Waals surface area contributed by atoms with Crippen molar-refractivity contribution in [2.75, 3.05) is 52.4 Å². The molecule has 0 radical (unpaired) electrons. The first kappa shape index (κ1) is 21.9. The smallest absolute Gasteiger partial charge is 0.120 e. The maximum absolute atomic E-state index is 9.71. The van der Waals surface area contributed by atoms with E-state index < -0.39 is 0 Å². The molecule has 0 aliphatic carbocycles. The molecule has 0 aromatic heterocycles. The van der Waals surface area contributed by atoms with Crippen molar-refractivity contribution in [3.8, 4) is 11.5 Å². The highest BCUT2D eigenvalue weighted by molar-refractivity contribution is 5.32. The van der Waals surface area contributed by atoms with E-state index in [1.165, 1.54) is 0 Å². The van der Waals surface area contributed by atoms with Gasteiger partial charge in [-0.25, -0.2) is 0 Å². The highest BCUT2D eigenvalue weighted by Gasteiger charge is 2.15. The van der Waals surface area contributed by atoms with Crippen molar-refractivity contribution in [2.24, 2.45) is 20.5 Å². The number of piperazine rings is 1. The number of aromatic hydroxyl groups is 2. The molecule has 0 atom stereocenters. The van der Waals surface area contributed by atoms with Crippen molar-refractivity contribution in [2.45, 2.75) is 13.1 Å². The van der Waals surface area contributed by atoms with Gasteiger partial charge in [0.15, 0.2) is 0 Å². The van der Waals surface area contributed by atoms with Crippen LogP contribution < -0.4 is 0 Å². The number of rotatable bonds is 10. The van der Waals surface area contributed by atoms with Crippen molar-refractivity contribution in [3.05, 3.63) is 59.7 Å². The third kappa shape index (κ3) is 7.20. The fraction of sp³-hybridized carbons (Fsp3) is 0.455. The van der Waals surface area contributed by atoms with E-state index in [1.54, 1.807) is 24.3 Å². The van der Waals surface area contributed by atoms with Crippen LogP contribution >= 0.6 is 0 Å². The Morgan fingerprint density at radius 1 is 0.600 bits per heavy atom. The van der Waals surface area contributed by atoms with Gasteiger partial charge in [0.25, 0.3) is 0 Å². The number of phenols is 2. The average molecular weight is 411 g/mol. The van der Waals surface area contributed by atoms with Crippen LogP contribution in [0.5, 0.6) is 11.5 Å². The molecule has 1 aliphatic heterocycles. The molecule has 0 amide bonds. The topological polar surface area (TPSA) is 96.4 Å². The third-order valence-corrected chi connectivity index (χ3v) is 5.16. The van der Waals surface area contributed by atoms with Gasteiger partial charge in [-0.2, -0.15) is 20.5 Å². The first-order chi connectivity index (χ1) is 14.7. The van der Waals surface area contributed by atoms with Crippen LogP contribution in [0.1, 0.15) is 11.1 Å². The zero-order valence-electron chi connectivity index (χ0n) is 17.3. The zero-order valence-corrected chi connectivity index (χ0v) is 17.3. The lowest BCUT2D eigenvalue weighted by Crippen LogP contribution is -2.47. The Hall–Kier alpha value is -2.84. The largest absolute Gasteiger partial charge is 0.508 e. The fourth-order valence-electron chi connectivity index (χ4n) is 3.29. The minimum absolute atomic E-state index is 0.269. The fourth-order valence-corrected chi connectivity index (χ4v) is 3.29. The summed E-state index contributed by atoms with van der Waals surface area (Å²) in [6.45, 7) is 8.05. The van der Waals surface area contributed by atoms with E-state index in [-0.39, 0.29) is 11.5 Å². The molecular formula is C22H30N6O2. The molecule has 1 fully saturated rings. The van der Waals surface area contributed by atoms with Gasteiger partial charge < -0.3 is 10.2 Å². The minimum Gasteiger partial charge on any atom is -0.508 e. The molecule has 1 aliphatic rings. The third-order valence-electron chi connectivity index (χ3n) is 5.16. The highest BCUT2D eigenvalue weighted by atomic mass is 16.3. The summed E-state index contributed by atoms with van der Waals surface area (Å²) in [5.74, 6) is 0.538. The number of nitrogens with zero attached hydrogens (tertiary/aromatic N) is 6. The molecule has 0 unspecified atom stereocenters. The van der Waals surface area contributed by atoms with E-state index in [0.717, 1.165) is 50.4 Å². The number of phenolic OH excluding ortho intramolecular Hbond substituents is 2. The molecule has 0 bridgehead atoms. The summed E-state index contributed by atoms with van der Waals surface area (Å²) < 4.78 is 0. The summed E-state index contributed by atoms with van der Waals surface area (Å²) in [6.07, 6.45) is 0. The standard InChI is InChI=1S/C22H30N6O2/c29-21-7-3-1-5-19(21)17-25-23-9-11-27-13-15-28(16-14-27)12-10-24-26-18-20-6-2-4-8-22(20)30/h1-8,29-30H,9-18H2. The molecule has 8 nitrogen and oxygen atoms in total. The molecule has 160 valence electrons. The Bertz CT molecular complexity index is 764. The van der Waals surface area contributed by atoms with E-state index in [4.69, 9.17) is 0 Å².